The normalized spacial score (nSPS) is 16.7. The molecule has 1 aliphatic heterocycles. The Morgan fingerprint density at radius 1 is 1.07 bits per heavy atom. The van der Waals surface area contributed by atoms with E-state index in [1.54, 1.807) is 6.92 Å². The maximum Gasteiger partial charge on any atom is 0.416 e. The van der Waals surface area contributed by atoms with Gasteiger partial charge in [-0.15, -0.1) is 0 Å². The van der Waals surface area contributed by atoms with Crippen molar-refractivity contribution in [2.75, 3.05) is 36.4 Å². The molecular weight excluding hydrogens is 391 g/mol. The minimum absolute atomic E-state index is 0.0312. The van der Waals surface area contributed by atoms with Crippen LogP contribution in [0.2, 0.25) is 5.02 Å². The molecule has 8 heteroatoms. The second kappa shape index (κ2) is 8.41. The van der Waals surface area contributed by atoms with Gasteiger partial charge in [-0.1, -0.05) is 29.8 Å². The first kappa shape index (κ1) is 20.5. The van der Waals surface area contributed by atoms with Gasteiger partial charge in [0.15, 0.2) is 0 Å². The Labute approximate surface area is 166 Å². The van der Waals surface area contributed by atoms with Gasteiger partial charge in [0.1, 0.15) is 0 Å². The Balaban J connectivity index is 1.61. The van der Waals surface area contributed by atoms with E-state index in [4.69, 9.17) is 11.6 Å². The van der Waals surface area contributed by atoms with Crippen molar-refractivity contribution in [3.8, 4) is 0 Å². The van der Waals surface area contributed by atoms with Gasteiger partial charge in [0.2, 0.25) is 5.91 Å². The smallest absolute Gasteiger partial charge is 0.369 e. The summed E-state index contributed by atoms with van der Waals surface area (Å²) in [6, 6.07) is 12.4. The molecule has 0 radical (unpaired) electrons. The molecule has 1 aliphatic rings. The highest BCUT2D eigenvalue weighted by Gasteiger charge is 2.32. The van der Waals surface area contributed by atoms with E-state index in [-0.39, 0.29) is 16.6 Å². The fourth-order valence-electron chi connectivity index (χ4n) is 3.21. The molecule has 1 fully saturated rings. The van der Waals surface area contributed by atoms with Gasteiger partial charge in [0.05, 0.1) is 22.3 Å². The molecular formula is C20H21ClF3N3O. The fraction of sp³-hybridized carbons (Fsp3) is 0.350. The van der Waals surface area contributed by atoms with Crippen LogP contribution >= 0.6 is 11.6 Å². The van der Waals surface area contributed by atoms with Crippen molar-refractivity contribution in [2.45, 2.75) is 19.1 Å². The second-order valence-corrected chi connectivity index (χ2v) is 7.12. The van der Waals surface area contributed by atoms with Crippen LogP contribution in [0, 0.1) is 0 Å². The highest BCUT2D eigenvalue weighted by atomic mass is 35.5. The molecule has 0 unspecified atom stereocenters. The summed E-state index contributed by atoms with van der Waals surface area (Å²) in [5.74, 6) is -0.380. The zero-order chi connectivity index (χ0) is 20.3. The number of hydrogen-bond acceptors (Lipinski definition) is 3. The molecule has 150 valence electrons. The number of carbonyl (C=O) groups excluding carboxylic acids is 1. The third-order valence-corrected chi connectivity index (χ3v) is 5.24. The Kier molecular flexibility index (Phi) is 6.15. The van der Waals surface area contributed by atoms with Gasteiger partial charge in [0, 0.05) is 31.9 Å². The summed E-state index contributed by atoms with van der Waals surface area (Å²) in [7, 11) is 0. The molecule has 0 aliphatic carbocycles. The number of hydrogen-bond donors (Lipinski definition) is 1. The van der Waals surface area contributed by atoms with E-state index in [1.807, 2.05) is 35.2 Å². The largest absolute Gasteiger partial charge is 0.416 e. The van der Waals surface area contributed by atoms with Crippen LogP contribution in [0.1, 0.15) is 12.5 Å². The van der Waals surface area contributed by atoms with E-state index in [0.717, 1.165) is 37.0 Å². The predicted molar refractivity (Wildman–Crippen MR) is 105 cm³/mol. The topological polar surface area (TPSA) is 35.6 Å². The van der Waals surface area contributed by atoms with E-state index >= 15 is 0 Å². The van der Waals surface area contributed by atoms with Crippen LogP contribution < -0.4 is 10.2 Å². The number of piperazine rings is 1. The SMILES string of the molecule is C[C@@H](C(=O)Nc1cc(C(F)(F)F)ccc1Cl)N1CCN(c2ccccc2)CC1. The Morgan fingerprint density at radius 2 is 1.71 bits per heavy atom. The monoisotopic (exact) mass is 411 g/mol. The summed E-state index contributed by atoms with van der Waals surface area (Å²) < 4.78 is 38.7. The molecule has 1 heterocycles. The van der Waals surface area contributed by atoms with Crippen LogP contribution in [0.25, 0.3) is 0 Å². The van der Waals surface area contributed by atoms with Gasteiger partial charge in [-0.3, -0.25) is 9.69 Å². The van der Waals surface area contributed by atoms with Crippen LogP contribution in [0.3, 0.4) is 0 Å². The molecule has 1 N–H and O–H groups in total. The number of anilines is 2. The summed E-state index contributed by atoms with van der Waals surface area (Å²) in [5.41, 5.74) is 0.252. The van der Waals surface area contributed by atoms with Crippen LogP contribution in [0.4, 0.5) is 24.5 Å². The number of alkyl halides is 3. The summed E-state index contributed by atoms with van der Waals surface area (Å²) >= 11 is 5.97. The van der Waals surface area contributed by atoms with Crippen molar-refractivity contribution in [2.24, 2.45) is 0 Å². The molecule has 1 atom stereocenters. The quantitative estimate of drug-likeness (QED) is 0.804. The van der Waals surface area contributed by atoms with E-state index in [0.29, 0.717) is 13.1 Å². The first-order valence-corrected chi connectivity index (χ1v) is 9.35. The van der Waals surface area contributed by atoms with Gasteiger partial charge in [-0.05, 0) is 37.3 Å². The molecule has 0 aromatic heterocycles. The predicted octanol–water partition coefficient (Wildman–Crippen LogP) is 4.51. The number of nitrogens with one attached hydrogen (secondary N) is 1. The van der Waals surface area contributed by atoms with Crippen molar-refractivity contribution in [1.29, 1.82) is 0 Å². The fourth-order valence-corrected chi connectivity index (χ4v) is 3.37. The van der Waals surface area contributed by atoms with Crippen LogP contribution in [0.5, 0.6) is 0 Å². The van der Waals surface area contributed by atoms with Crippen LogP contribution in [-0.2, 0) is 11.0 Å². The number of carbonyl (C=O) groups is 1. The molecule has 28 heavy (non-hydrogen) atoms. The number of benzene rings is 2. The van der Waals surface area contributed by atoms with Gasteiger partial charge in [0.25, 0.3) is 0 Å². The van der Waals surface area contributed by atoms with Gasteiger partial charge >= 0.3 is 6.18 Å². The van der Waals surface area contributed by atoms with Crippen LogP contribution in [0.15, 0.2) is 48.5 Å². The standard InChI is InChI=1S/C20H21ClF3N3O/c1-14(26-9-11-27(12-10-26)16-5-3-2-4-6-16)19(28)25-18-13-15(20(22,23)24)7-8-17(18)21/h2-8,13-14H,9-12H2,1H3,(H,25,28)/t14-/m0/s1. The number of halogens is 4. The maximum atomic E-state index is 12.9. The van der Waals surface area contributed by atoms with E-state index < -0.39 is 17.8 Å². The summed E-state index contributed by atoms with van der Waals surface area (Å²) in [6.45, 7) is 4.65. The first-order chi connectivity index (χ1) is 13.3. The summed E-state index contributed by atoms with van der Waals surface area (Å²) in [4.78, 5) is 16.8. The molecule has 0 saturated carbocycles. The average Bonchev–Trinajstić information content (AvgIpc) is 2.69. The first-order valence-electron chi connectivity index (χ1n) is 8.97. The zero-order valence-corrected chi connectivity index (χ0v) is 16.1. The Morgan fingerprint density at radius 3 is 2.32 bits per heavy atom. The third kappa shape index (κ3) is 4.77. The lowest BCUT2D eigenvalue weighted by molar-refractivity contribution is -0.137. The van der Waals surface area contributed by atoms with Crippen LogP contribution in [-0.4, -0.2) is 43.0 Å². The van der Waals surface area contributed by atoms with Gasteiger partial charge in [-0.2, -0.15) is 13.2 Å². The van der Waals surface area contributed by atoms with Crippen molar-refractivity contribution < 1.29 is 18.0 Å². The maximum absolute atomic E-state index is 12.9. The molecule has 2 aromatic carbocycles. The summed E-state index contributed by atoms with van der Waals surface area (Å²) in [6.07, 6.45) is -4.50. The van der Waals surface area contributed by atoms with Crippen molar-refractivity contribution in [3.63, 3.8) is 0 Å². The number of rotatable bonds is 4. The molecule has 0 spiro atoms. The van der Waals surface area contributed by atoms with Crippen molar-refractivity contribution in [1.82, 2.24) is 4.90 Å². The molecule has 0 bridgehead atoms. The molecule has 1 saturated heterocycles. The molecule has 2 aromatic rings. The number of para-hydroxylation sites is 1. The highest BCUT2D eigenvalue weighted by molar-refractivity contribution is 6.33. The van der Waals surface area contributed by atoms with E-state index in [9.17, 15) is 18.0 Å². The number of nitrogens with zero attached hydrogens (tertiary/aromatic N) is 2. The Bertz CT molecular complexity index is 821. The van der Waals surface area contributed by atoms with Crippen molar-refractivity contribution >= 4 is 28.9 Å². The van der Waals surface area contributed by atoms with E-state index in [2.05, 4.69) is 10.2 Å². The number of amides is 1. The van der Waals surface area contributed by atoms with Crippen molar-refractivity contribution in [3.05, 3.63) is 59.1 Å². The third-order valence-electron chi connectivity index (χ3n) is 4.91. The lowest BCUT2D eigenvalue weighted by Gasteiger charge is -2.38. The minimum atomic E-state index is -4.50. The zero-order valence-electron chi connectivity index (χ0n) is 15.3. The van der Waals surface area contributed by atoms with E-state index in [1.165, 1.54) is 0 Å². The second-order valence-electron chi connectivity index (χ2n) is 6.72. The average molecular weight is 412 g/mol. The van der Waals surface area contributed by atoms with Gasteiger partial charge < -0.3 is 10.2 Å². The Hall–Kier alpha value is -2.25. The minimum Gasteiger partial charge on any atom is -0.369 e. The van der Waals surface area contributed by atoms with Gasteiger partial charge in [-0.25, -0.2) is 0 Å². The summed E-state index contributed by atoms with van der Waals surface area (Å²) in [5, 5.41) is 2.61. The lowest BCUT2D eigenvalue weighted by atomic mass is 10.1. The molecule has 1 amide bonds. The highest BCUT2D eigenvalue weighted by Crippen LogP contribution is 2.34. The molecule has 4 nitrogen and oxygen atoms in total. The molecule has 3 rings (SSSR count). The lowest BCUT2D eigenvalue weighted by Crippen LogP contribution is -2.52.